The molecule has 118 valence electrons. The van der Waals surface area contributed by atoms with Crippen LogP contribution >= 0.6 is 12.4 Å². The molecule has 2 N–H and O–H groups in total. The molecule has 2 unspecified atom stereocenters. The molecule has 2 rings (SSSR count). The Kier molecular flexibility index (Phi) is 7.15. The number of carbonyl (C=O) groups is 1. The van der Waals surface area contributed by atoms with Crippen molar-refractivity contribution in [3.63, 3.8) is 0 Å². The van der Waals surface area contributed by atoms with Crippen LogP contribution in [0.4, 0.5) is 0 Å². The highest BCUT2D eigenvalue weighted by atomic mass is 35.5. The fourth-order valence-electron chi connectivity index (χ4n) is 2.88. The molecule has 1 aromatic carbocycles. The summed E-state index contributed by atoms with van der Waals surface area (Å²) in [6, 6.07) is 7.84. The largest absolute Gasteiger partial charge is 0.380 e. The van der Waals surface area contributed by atoms with Gasteiger partial charge >= 0.3 is 0 Å². The second kappa shape index (κ2) is 8.37. The topological polar surface area (TPSA) is 55.6 Å². The number of nitrogens with two attached hydrogens (primary N) is 1. The summed E-state index contributed by atoms with van der Waals surface area (Å²) in [5.41, 5.74) is 7.79. The molecule has 1 aliphatic rings. The Hall–Kier alpha value is -1.10. The van der Waals surface area contributed by atoms with Crippen LogP contribution in [0.3, 0.4) is 0 Å². The van der Waals surface area contributed by atoms with Gasteiger partial charge in [0.15, 0.2) is 0 Å². The van der Waals surface area contributed by atoms with E-state index in [-0.39, 0.29) is 30.4 Å². The van der Waals surface area contributed by atoms with Crippen molar-refractivity contribution >= 4 is 18.3 Å². The van der Waals surface area contributed by atoms with E-state index < -0.39 is 0 Å². The molecular weight excluding hydrogens is 288 g/mol. The average molecular weight is 313 g/mol. The smallest absolute Gasteiger partial charge is 0.254 e. The molecule has 0 radical (unpaired) electrons. The molecule has 0 aliphatic carbocycles. The molecule has 1 saturated heterocycles. The number of methoxy groups -OCH3 is 1. The highest BCUT2D eigenvalue weighted by Gasteiger charge is 2.29. The maximum atomic E-state index is 12.7. The third-order valence-corrected chi connectivity index (χ3v) is 3.90. The fraction of sp³-hybridized carbons (Fsp3) is 0.562. The number of hydrogen-bond donors (Lipinski definition) is 1. The Bertz CT molecular complexity index is 465. The molecule has 1 aliphatic heterocycles. The minimum Gasteiger partial charge on any atom is -0.380 e. The molecule has 1 aromatic rings. The lowest BCUT2D eigenvalue weighted by Gasteiger charge is -2.38. The van der Waals surface area contributed by atoms with Crippen LogP contribution in [0.5, 0.6) is 0 Å². The first-order valence-electron chi connectivity index (χ1n) is 7.28. The minimum atomic E-state index is 0. The molecule has 0 aromatic heterocycles. The van der Waals surface area contributed by atoms with Gasteiger partial charge in [-0.2, -0.15) is 0 Å². The number of amides is 1. The molecule has 5 heteroatoms. The number of nitrogens with zero attached hydrogens (tertiary/aromatic N) is 1. The Morgan fingerprint density at radius 3 is 2.90 bits per heavy atom. The summed E-state index contributed by atoms with van der Waals surface area (Å²) in [4.78, 5) is 14.6. The van der Waals surface area contributed by atoms with Gasteiger partial charge in [-0.15, -0.1) is 12.4 Å². The first-order chi connectivity index (χ1) is 9.63. The number of ether oxygens (including phenoxy) is 1. The molecule has 2 atom stereocenters. The van der Waals surface area contributed by atoms with E-state index in [2.05, 4.69) is 0 Å². The number of piperidine rings is 1. The molecule has 0 saturated carbocycles. The van der Waals surface area contributed by atoms with E-state index in [0.29, 0.717) is 6.61 Å². The van der Waals surface area contributed by atoms with Crippen LogP contribution in [0, 0.1) is 0 Å². The van der Waals surface area contributed by atoms with Crippen molar-refractivity contribution in [2.45, 2.75) is 44.9 Å². The van der Waals surface area contributed by atoms with Crippen molar-refractivity contribution < 1.29 is 9.53 Å². The van der Waals surface area contributed by atoms with Crippen molar-refractivity contribution in [3.05, 3.63) is 35.4 Å². The predicted molar refractivity (Wildman–Crippen MR) is 86.7 cm³/mol. The summed E-state index contributed by atoms with van der Waals surface area (Å²) in [6.07, 6.45) is 3.22. The van der Waals surface area contributed by atoms with Crippen LogP contribution in [0.25, 0.3) is 0 Å². The normalized spacial score (nSPS) is 19.8. The summed E-state index contributed by atoms with van der Waals surface area (Å²) in [5, 5.41) is 0. The standard InChI is InChI=1S/C16H24N2O2.ClH/c1-12(17)15-8-3-4-9-18(15)16(19)14-7-5-6-13(10-14)11-20-2;/h5-7,10,12,15H,3-4,8-9,11,17H2,1-2H3;1H. The molecular formula is C16H25ClN2O2. The molecule has 1 fully saturated rings. The Morgan fingerprint density at radius 2 is 2.24 bits per heavy atom. The van der Waals surface area contributed by atoms with E-state index in [9.17, 15) is 4.79 Å². The van der Waals surface area contributed by atoms with E-state index in [1.54, 1.807) is 7.11 Å². The summed E-state index contributed by atoms with van der Waals surface area (Å²) in [5.74, 6) is 0.0879. The van der Waals surface area contributed by atoms with Crippen molar-refractivity contribution in [2.24, 2.45) is 5.73 Å². The van der Waals surface area contributed by atoms with Crippen LogP contribution < -0.4 is 5.73 Å². The SMILES string of the molecule is COCc1cccc(C(=O)N2CCCCC2C(C)N)c1.Cl. The van der Waals surface area contributed by atoms with Gasteiger partial charge in [-0.05, 0) is 43.9 Å². The molecule has 4 nitrogen and oxygen atoms in total. The van der Waals surface area contributed by atoms with Gasteiger partial charge < -0.3 is 15.4 Å². The van der Waals surface area contributed by atoms with E-state index >= 15 is 0 Å². The van der Waals surface area contributed by atoms with E-state index in [0.717, 1.165) is 36.9 Å². The quantitative estimate of drug-likeness (QED) is 0.929. The second-order valence-corrected chi connectivity index (χ2v) is 5.55. The molecule has 1 amide bonds. The number of halogens is 1. The van der Waals surface area contributed by atoms with Crippen LogP contribution in [-0.2, 0) is 11.3 Å². The van der Waals surface area contributed by atoms with E-state index in [1.165, 1.54) is 0 Å². The fourth-order valence-corrected chi connectivity index (χ4v) is 2.88. The highest BCUT2D eigenvalue weighted by Crippen LogP contribution is 2.22. The van der Waals surface area contributed by atoms with Gasteiger partial charge in [0.05, 0.1) is 6.61 Å². The van der Waals surface area contributed by atoms with Crippen LogP contribution in [0.1, 0.15) is 42.1 Å². The Morgan fingerprint density at radius 1 is 1.48 bits per heavy atom. The van der Waals surface area contributed by atoms with Gasteiger partial charge in [-0.1, -0.05) is 12.1 Å². The van der Waals surface area contributed by atoms with Crippen molar-refractivity contribution in [1.29, 1.82) is 0 Å². The lowest BCUT2D eigenvalue weighted by Crippen LogP contribution is -2.51. The Balaban J connectivity index is 0.00000220. The second-order valence-electron chi connectivity index (χ2n) is 5.55. The highest BCUT2D eigenvalue weighted by molar-refractivity contribution is 5.94. The lowest BCUT2D eigenvalue weighted by molar-refractivity contribution is 0.0583. The predicted octanol–water partition coefficient (Wildman–Crippen LogP) is 2.60. The van der Waals surface area contributed by atoms with Gasteiger partial charge in [0.25, 0.3) is 5.91 Å². The van der Waals surface area contributed by atoms with Crippen molar-refractivity contribution in [1.82, 2.24) is 4.90 Å². The third kappa shape index (κ3) is 4.43. The average Bonchev–Trinajstić information content (AvgIpc) is 2.47. The van der Waals surface area contributed by atoms with Gasteiger partial charge in [-0.25, -0.2) is 0 Å². The summed E-state index contributed by atoms with van der Waals surface area (Å²) >= 11 is 0. The first kappa shape index (κ1) is 18.0. The zero-order valence-electron chi connectivity index (χ0n) is 12.7. The van der Waals surface area contributed by atoms with E-state index in [1.807, 2.05) is 36.1 Å². The van der Waals surface area contributed by atoms with Crippen LogP contribution in [-0.4, -0.2) is 36.5 Å². The maximum Gasteiger partial charge on any atom is 0.254 e. The summed E-state index contributed by atoms with van der Waals surface area (Å²) < 4.78 is 5.12. The van der Waals surface area contributed by atoms with Crippen LogP contribution in [0.15, 0.2) is 24.3 Å². The Labute approximate surface area is 133 Å². The van der Waals surface area contributed by atoms with Gasteiger partial charge in [0, 0.05) is 31.3 Å². The van der Waals surface area contributed by atoms with Crippen molar-refractivity contribution in [3.8, 4) is 0 Å². The van der Waals surface area contributed by atoms with E-state index in [4.69, 9.17) is 10.5 Å². The molecule has 0 spiro atoms. The van der Waals surface area contributed by atoms with Gasteiger partial charge in [-0.3, -0.25) is 4.79 Å². The van der Waals surface area contributed by atoms with Crippen molar-refractivity contribution in [2.75, 3.05) is 13.7 Å². The molecule has 0 bridgehead atoms. The zero-order valence-corrected chi connectivity index (χ0v) is 13.6. The molecule has 1 heterocycles. The lowest BCUT2D eigenvalue weighted by atomic mass is 9.96. The number of rotatable bonds is 4. The number of carbonyl (C=O) groups excluding carboxylic acids is 1. The number of likely N-dealkylation sites (tertiary alicyclic amines) is 1. The van der Waals surface area contributed by atoms with Gasteiger partial charge in [0.2, 0.25) is 0 Å². The molecule has 21 heavy (non-hydrogen) atoms. The first-order valence-corrected chi connectivity index (χ1v) is 7.28. The monoisotopic (exact) mass is 312 g/mol. The number of benzene rings is 1. The summed E-state index contributed by atoms with van der Waals surface area (Å²) in [6.45, 7) is 3.31. The maximum absolute atomic E-state index is 12.7. The zero-order chi connectivity index (χ0) is 14.5. The summed E-state index contributed by atoms with van der Waals surface area (Å²) in [7, 11) is 1.66. The minimum absolute atomic E-state index is 0. The van der Waals surface area contributed by atoms with Crippen LogP contribution in [0.2, 0.25) is 0 Å². The number of hydrogen-bond acceptors (Lipinski definition) is 3. The third-order valence-electron chi connectivity index (χ3n) is 3.90. The van der Waals surface area contributed by atoms with Gasteiger partial charge in [0.1, 0.15) is 0 Å².